The van der Waals surface area contributed by atoms with E-state index in [-0.39, 0.29) is 18.4 Å². The Morgan fingerprint density at radius 1 is 1.40 bits per heavy atom. The molecular formula is C14H19N3O2S. The quantitative estimate of drug-likeness (QED) is 0.913. The number of carbonyl (C=O) groups excluding carboxylic acids is 2. The standard InChI is InChI=1S/C14H19N3O2S/c1-10-15-11(9-20-10)4-7-17-8-12(18)16-14(13(17)19)5-2-3-6-14/h9H,2-8H2,1H3,(H,16,18). The molecule has 1 spiro atoms. The fourth-order valence-electron chi connectivity index (χ4n) is 3.18. The van der Waals surface area contributed by atoms with Crippen molar-refractivity contribution in [3.05, 3.63) is 16.1 Å². The lowest BCUT2D eigenvalue weighted by Crippen LogP contribution is -2.65. The Morgan fingerprint density at radius 2 is 2.15 bits per heavy atom. The fraction of sp³-hybridized carbons (Fsp3) is 0.643. The number of piperazine rings is 1. The van der Waals surface area contributed by atoms with Crippen LogP contribution in [-0.2, 0) is 16.0 Å². The summed E-state index contributed by atoms with van der Waals surface area (Å²) < 4.78 is 0. The smallest absolute Gasteiger partial charge is 0.248 e. The number of rotatable bonds is 3. The molecule has 0 unspecified atom stereocenters. The predicted molar refractivity (Wildman–Crippen MR) is 76.5 cm³/mol. The van der Waals surface area contributed by atoms with Crippen LogP contribution in [0.15, 0.2) is 5.38 Å². The molecule has 0 radical (unpaired) electrons. The average Bonchev–Trinajstić information content (AvgIpc) is 3.02. The van der Waals surface area contributed by atoms with Crippen LogP contribution in [-0.4, -0.2) is 40.3 Å². The highest BCUT2D eigenvalue weighted by Gasteiger charge is 2.47. The maximum Gasteiger partial charge on any atom is 0.248 e. The maximum atomic E-state index is 12.6. The molecule has 0 bridgehead atoms. The van der Waals surface area contributed by atoms with Crippen molar-refractivity contribution in [2.45, 2.75) is 44.6 Å². The fourth-order valence-corrected chi connectivity index (χ4v) is 3.83. The van der Waals surface area contributed by atoms with Crippen LogP contribution >= 0.6 is 11.3 Å². The molecule has 3 rings (SSSR count). The first-order valence-electron chi connectivity index (χ1n) is 7.10. The normalized spacial score (nSPS) is 21.6. The van der Waals surface area contributed by atoms with Crippen LogP contribution in [0.3, 0.4) is 0 Å². The van der Waals surface area contributed by atoms with Crippen molar-refractivity contribution in [3.63, 3.8) is 0 Å². The van der Waals surface area contributed by atoms with E-state index in [1.165, 1.54) is 0 Å². The van der Waals surface area contributed by atoms with Crippen molar-refractivity contribution < 1.29 is 9.59 Å². The van der Waals surface area contributed by atoms with Gasteiger partial charge < -0.3 is 10.2 Å². The Kier molecular flexibility index (Phi) is 3.50. The monoisotopic (exact) mass is 293 g/mol. The molecule has 108 valence electrons. The predicted octanol–water partition coefficient (Wildman–Crippen LogP) is 1.27. The number of nitrogens with one attached hydrogen (secondary N) is 1. The Labute approximate surface area is 122 Å². The van der Waals surface area contributed by atoms with E-state index in [1.54, 1.807) is 16.2 Å². The Bertz CT molecular complexity index is 534. The van der Waals surface area contributed by atoms with Gasteiger partial charge in [-0.15, -0.1) is 11.3 Å². The van der Waals surface area contributed by atoms with Crippen molar-refractivity contribution in [2.75, 3.05) is 13.1 Å². The summed E-state index contributed by atoms with van der Waals surface area (Å²) in [5, 5.41) is 5.99. The molecule has 6 heteroatoms. The van der Waals surface area contributed by atoms with Gasteiger partial charge >= 0.3 is 0 Å². The van der Waals surface area contributed by atoms with Crippen LogP contribution in [0.25, 0.3) is 0 Å². The van der Waals surface area contributed by atoms with Crippen molar-refractivity contribution in [1.82, 2.24) is 15.2 Å². The second-order valence-electron chi connectivity index (χ2n) is 5.67. The third-order valence-corrected chi connectivity index (χ3v) is 4.99. The molecule has 1 aliphatic heterocycles. The molecule has 5 nitrogen and oxygen atoms in total. The molecular weight excluding hydrogens is 274 g/mol. The minimum atomic E-state index is -0.604. The zero-order chi connectivity index (χ0) is 14.2. The van der Waals surface area contributed by atoms with Gasteiger partial charge in [0.2, 0.25) is 11.8 Å². The zero-order valence-corrected chi connectivity index (χ0v) is 12.5. The summed E-state index contributed by atoms with van der Waals surface area (Å²) in [6, 6.07) is 0. The highest BCUT2D eigenvalue weighted by atomic mass is 32.1. The number of hydrogen-bond acceptors (Lipinski definition) is 4. The molecule has 1 aliphatic carbocycles. The third kappa shape index (κ3) is 2.44. The lowest BCUT2D eigenvalue weighted by Gasteiger charge is -2.39. The Balaban J connectivity index is 1.68. The van der Waals surface area contributed by atoms with E-state index in [4.69, 9.17) is 0 Å². The van der Waals surface area contributed by atoms with E-state index in [0.717, 1.165) is 42.8 Å². The van der Waals surface area contributed by atoms with Crippen molar-refractivity contribution in [2.24, 2.45) is 0 Å². The molecule has 1 saturated heterocycles. The van der Waals surface area contributed by atoms with Crippen LogP contribution in [0, 0.1) is 6.92 Å². The number of carbonyl (C=O) groups is 2. The van der Waals surface area contributed by atoms with E-state index >= 15 is 0 Å². The summed E-state index contributed by atoms with van der Waals surface area (Å²) in [5.41, 5.74) is 0.402. The molecule has 1 aromatic rings. The van der Waals surface area contributed by atoms with Gasteiger partial charge in [-0.2, -0.15) is 0 Å². The van der Waals surface area contributed by atoms with Crippen LogP contribution in [0.5, 0.6) is 0 Å². The first kappa shape index (κ1) is 13.5. The number of amides is 2. The highest BCUT2D eigenvalue weighted by Crippen LogP contribution is 2.33. The van der Waals surface area contributed by atoms with Gasteiger partial charge in [-0.25, -0.2) is 4.98 Å². The lowest BCUT2D eigenvalue weighted by atomic mass is 9.93. The van der Waals surface area contributed by atoms with Crippen LogP contribution in [0.2, 0.25) is 0 Å². The van der Waals surface area contributed by atoms with E-state index < -0.39 is 5.54 Å². The minimum Gasteiger partial charge on any atom is -0.340 e. The minimum absolute atomic E-state index is 0.0269. The summed E-state index contributed by atoms with van der Waals surface area (Å²) >= 11 is 1.62. The van der Waals surface area contributed by atoms with E-state index in [9.17, 15) is 9.59 Å². The highest BCUT2D eigenvalue weighted by molar-refractivity contribution is 7.09. The molecule has 2 amide bonds. The van der Waals surface area contributed by atoms with Crippen molar-refractivity contribution in [1.29, 1.82) is 0 Å². The SMILES string of the molecule is Cc1nc(CCN2CC(=O)NC3(CCCC3)C2=O)cs1. The van der Waals surface area contributed by atoms with E-state index in [0.29, 0.717) is 6.54 Å². The van der Waals surface area contributed by atoms with Gasteiger partial charge in [0.15, 0.2) is 0 Å². The molecule has 2 aliphatic rings. The number of thiazole rings is 1. The molecule has 1 N–H and O–H groups in total. The van der Waals surface area contributed by atoms with Gasteiger partial charge in [0.05, 0.1) is 17.2 Å². The molecule has 0 aromatic carbocycles. The number of aromatic nitrogens is 1. The van der Waals surface area contributed by atoms with Gasteiger partial charge in [-0.3, -0.25) is 9.59 Å². The average molecular weight is 293 g/mol. The van der Waals surface area contributed by atoms with Crippen LogP contribution in [0.1, 0.15) is 36.4 Å². The van der Waals surface area contributed by atoms with Crippen LogP contribution < -0.4 is 5.32 Å². The number of nitrogens with zero attached hydrogens (tertiary/aromatic N) is 2. The van der Waals surface area contributed by atoms with Crippen molar-refractivity contribution in [3.8, 4) is 0 Å². The van der Waals surface area contributed by atoms with Crippen molar-refractivity contribution >= 4 is 23.2 Å². The summed E-state index contributed by atoms with van der Waals surface area (Å²) in [5.74, 6) is 0.0718. The first-order chi connectivity index (χ1) is 9.59. The van der Waals surface area contributed by atoms with Crippen LogP contribution in [0.4, 0.5) is 0 Å². The van der Waals surface area contributed by atoms with Gasteiger partial charge in [0.1, 0.15) is 5.54 Å². The largest absolute Gasteiger partial charge is 0.340 e. The summed E-state index contributed by atoms with van der Waals surface area (Å²) in [6.07, 6.45) is 4.32. The summed E-state index contributed by atoms with van der Waals surface area (Å²) in [6.45, 7) is 2.74. The van der Waals surface area contributed by atoms with Gasteiger partial charge in [-0.1, -0.05) is 12.8 Å². The summed E-state index contributed by atoms with van der Waals surface area (Å²) in [7, 11) is 0. The topological polar surface area (TPSA) is 62.3 Å². The first-order valence-corrected chi connectivity index (χ1v) is 7.98. The number of hydrogen-bond donors (Lipinski definition) is 1. The molecule has 2 fully saturated rings. The second kappa shape index (κ2) is 5.16. The lowest BCUT2D eigenvalue weighted by molar-refractivity contribution is -0.149. The maximum absolute atomic E-state index is 12.6. The van der Waals surface area contributed by atoms with Gasteiger partial charge in [0, 0.05) is 18.3 Å². The summed E-state index contributed by atoms with van der Waals surface area (Å²) in [4.78, 5) is 30.6. The molecule has 2 heterocycles. The molecule has 20 heavy (non-hydrogen) atoms. The number of aryl methyl sites for hydroxylation is 1. The molecule has 1 aromatic heterocycles. The second-order valence-corrected chi connectivity index (χ2v) is 6.73. The Hall–Kier alpha value is -1.43. The van der Waals surface area contributed by atoms with E-state index in [2.05, 4.69) is 10.3 Å². The molecule has 1 saturated carbocycles. The molecule has 0 atom stereocenters. The third-order valence-electron chi connectivity index (χ3n) is 4.17. The Morgan fingerprint density at radius 3 is 2.80 bits per heavy atom. The zero-order valence-electron chi connectivity index (χ0n) is 11.6. The van der Waals surface area contributed by atoms with Gasteiger partial charge in [0.25, 0.3) is 0 Å². The van der Waals surface area contributed by atoms with Gasteiger partial charge in [-0.05, 0) is 19.8 Å². The van der Waals surface area contributed by atoms with E-state index in [1.807, 2.05) is 12.3 Å².